The highest BCUT2D eigenvalue weighted by atomic mass is 16.1. The van der Waals surface area contributed by atoms with Crippen LogP contribution in [0.2, 0.25) is 0 Å². The van der Waals surface area contributed by atoms with Gasteiger partial charge in [-0.3, -0.25) is 4.79 Å². The number of rotatable bonds is 6. The quantitative estimate of drug-likeness (QED) is 0.836. The molecule has 1 aliphatic heterocycles. The molecule has 0 radical (unpaired) electrons. The summed E-state index contributed by atoms with van der Waals surface area (Å²) in [6, 6.07) is -0.253. The van der Waals surface area contributed by atoms with Crippen LogP contribution in [0.4, 0.5) is 11.6 Å². The van der Waals surface area contributed by atoms with Gasteiger partial charge in [0, 0.05) is 18.7 Å². The Morgan fingerprint density at radius 1 is 1.52 bits per heavy atom. The van der Waals surface area contributed by atoms with E-state index in [4.69, 9.17) is 5.73 Å². The molecule has 6 heteroatoms. The minimum Gasteiger partial charge on any atom is -0.370 e. The van der Waals surface area contributed by atoms with Crippen molar-refractivity contribution in [3.05, 3.63) is 11.9 Å². The molecular weight excluding hydrogens is 266 g/mol. The minimum atomic E-state index is -0.274. The Kier molecular flexibility index (Phi) is 4.98. The zero-order valence-corrected chi connectivity index (χ0v) is 13.1. The molecule has 1 unspecified atom stereocenters. The second kappa shape index (κ2) is 6.74. The van der Waals surface area contributed by atoms with E-state index in [-0.39, 0.29) is 17.9 Å². The Morgan fingerprint density at radius 2 is 2.29 bits per heavy atom. The first kappa shape index (κ1) is 15.5. The van der Waals surface area contributed by atoms with Gasteiger partial charge < -0.3 is 16.0 Å². The number of carbonyl (C=O) groups is 1. The third-order valence-corrected chi connectivity index (χ3v) is 3.84. The first-order valence-electron chi connectivity index (χ1n) is 7.71. The van der Waals surface area contributed by atoms with Crippen molar-refractivity contribution in [2.45, 2.75) is 52.0 Å². The topological polar surface area (TPSA) is 84.1 Å². The number of hydrogen-bond acceptors (Lipinski definition) is 5. The molecule has 1 aliphatic rings. The molecule has 2 heterocycles. The summed E-state index contributed by atoms with van der Waals surface area (Å²) in [5, 5.41) is 3.36. The average Bonchev–Trinajstić information content (AvgIpc) is 2.93. The molecule has 1 atom stereocenters. The molecule has 6 nitrogen and oxygen atoms in total. The highest BCUT2D eigenvalue weighted by Gasteiger charge is 2.32. The van der Waals surface area contributed by atoms with Crippen molar-refractivity contribution >= 4 is 17.5 Å². The molecule has 1 aromatic rings. The highest BCUT2D eigenvalue weighted by molar-refractivity contribution is 5.84. The molecule has 1 amide bonds. The van der Waals surface area contributed by atoms with Gasteiger partial charge in [-0.15, -0.1) is 0 Å². The number of primary amides is 1. The van der Waals surface area contributed by atoms with E-state index in [0.29, 0.717) is 0 Å². The van der Waals surface area contributed by atoms with Crippen molar-refractivity contribution in [3.63, 3.8) is 0 Å². The lowest BCUT2D eigenvalue weighted by atomic mass is 10.0. The third-order valence-electron chi connectivity index (χ3n) is 3.84. The van der Waals surface area contributed by atoms with Crippen LogP contribution in [0.25, 0.3) is 0 Å². The van der Waals surface area contributed by atoms with E-state index in [1.54, 1.807) is 6.33 Å². The van der Waals surface area contributed by atoms with Gasteiger partial charge in [-0.25, -0.2) is 9.97 Å². The van der Waals surface area contributed by atoms with Crippen LogP contribution in [0, 0.1) is 0 Å². The maximum atomic E-state index is 11.6. The van der Waals surface area contributed by atoms with Crippen molar-refractivity contribution in [2.24, 2.45) is 5.73 Å². The first-order valence-corrected chi connectivity index (χ1v) is 7.71. The van der Waals surface area contributed by atoms with Crippen molar-refractivity contribution < 1.29 is 4.79 Å². The fraction of sp³-hybridized carbons (Fsp3) is 0.667. The zero-order chi connectivity index (χ0) is 15.4. The maximum Gasteiger partial charge on any atom is 0.240 e. The van der Waals surface area contributed by atoms with E-state index < -0.39 is 0 Å². The standard InChI is InChI=1S/C15H25N5O/c1-4-7-17-14-12(10(2)3)15(19-9-18-14)20-8-5-6-11(20)13(16)21/h9-11H,4-8H2,1-3H3,(H2,16,21)(H,17,18,19). The Balaban J connectivity index is 2.40. The Labute approximate surface area is 126 Å². The average molecular weight is 291 g/mol. The fourth-order valence-electron chi connectivity index (χ4n) is 2.85. The number of amides is 1. The van der Waals surface area contributed by atoms with Gasteiger partial charge in [0.15, 0.2) is 0 Å². The van der Waals surface area contributed by atoms with Crippen LogP contribution >= 0.6 is 0 Å². The number of nitrogens with two attached hydrogens (primary N) is 1. The number of hydrogen-bond donors (Lipinski definition) is 2. The highest BCUT2D eigenvalue weighted by Crippen LogP contribution is 2.34. The monoisotopic (exact) mass is 291 g/mol. The van der Waals surface area contributed by atoms with Crippen LogP contribution in [0.15, 0.2) is 6.33 Å². The molecule has 0 aromatic carbocycles. The van der Waals surface area contributed by atoms with Crippen molar-refractivity contribution in [3.8, 4) is 0 Å². The molecule has 0 spiro atoms. The summed E-state index contributed by atoms with van der Waals surface area (Å²) in [6.07, 6.45) is 4.36. The van der Waals surface area contributed by atoms with Gasteiger partial charge in [-0.2, -0.15) is 0 Å². The number of aromatic nitrogens is 2. The zero-order valence-electron chi connectivity index (χ0n) is 13.1. The summed E-state index contributed by atoms with van der Waals surface area (Å²) in [4.78, 5) is 22.5. The predicted molar refractivity (Wildman–Crippen MR) is 84.5 cm³/mol. The van der Waals surface area contributed by atoms with Crippen molar-refractivity contribution in [2.75, 3.05) is 23.3 Å². The second-order valence-corrected chi connectivity index (χ2v) is 5.79. The smallest absolute Gasteiger partial charge is 0.240 e. The molecule has 3 N–H and O–H groups in total. The van der Waals surface area contributed by atoms with Gasteiger partial charge in [0.1, 0.15) is 24.0 Å². The van der Waals surface area contributed by atoms with Crippen LogP contribution < -0.4 is 16.0 Å². The van der Waals surface area contributed by atoms with E-state index in [2.05, 4.69) is 36.1 Å². The van der Waals surface area contributed by atoms with Crippen LogP contribution in [-0.4, -0.2) is 35.0 Å². The van der Waals surface area contributed by atoms with Gasteiger partial charge in [0.05, 0.1) is 0 Å². The predicted octanol–water partition coefficient (Wildman–Crippen LogP) is 1.88. The lowest BCUT2D eigenvalue weighted by Gasteiger charge is -2.27. The largest absolute Gasteiger partial charge is 0.370 e. The summed E-state index contributed by atoms with van der Waals surface area (Å²) in [6.45, 7) is 8.05. The van der Waals surface area contributed by atoms with E-state index >= 15 is 0 Å². The number of carbonyl (C=O) groups excluding carboxylic acids is 1. The van der Waals surface area contributed by atoms with Crippen LogP contribution in [0.5, 0.6) is 0 Å². The number of anilines is 2. The molecule has 2 rings (SSSR count). The van der Waals surface area contributed by atoms with E-state index in [1.807, 2.05) is 4.90 Å². The summed E-state index contributed by atoms with van der Waals surface area (Å²) in [5.41, 5.74) is 6.60. The van der Waals surface area contributed by atoms with Gasteiger partial charge in [-0.05, 0) is 25.2 Å². The molecule has 116 valence electrons. The molecule has 0 saturated carbocycles. The van der Waals surface area contributed by atoms with Gasteiger partial charge in [-0.1, -0.05) is 20.8 Å². The van der Waals surface area contributed by atoms with Crippen LogP contribution in [0.3, 0.4) is 0 Å². The van der Waals surface area contributed by atoms with Gasteiger partial charge >= 0.3 is 0 Å². The lowest BCUT2D eigenvalue weighted by molar-refractivity contribution is -0.119. The SMILES string of the molecule is CCCNc1ncnc(N2CCCC2C(N)=O)c1C(C)C. The normalized spacial score (nSPS) is 18.3. The second-order valence-electron chi connectivity index (χ2n) is 5.79. The molecule has 1 fully saturated rings. The van der Waals surface area contributed by atoms with Gasteiger partial charge in [0.25, 0.3) is 0 Å². The minimum absolute atomic E-state index is 0.253. The number of nitrogens with zero attached hydrogens (tertiary/aromatic N) is 3. The Morgan fingerprint density at radius 3 is 2.90 bits per heavy atom. The first-order chi connectivity index (χ1) is 10.1. The molecule has 0 bridgehead atoms. The van der Waals surface area contributed by atoms with Gasteiger partial charge in [0.2, 0.25) is 5.91 Å². The van der Waals surface area contributed by atoms with E-state index in [1.165, 1.54) is 0 Å². The van der Waals surface area contributed by atoms with Crippen molar-refractivity contribution in [1.82, 2.24) is 9.97 Å². The molecule has 1 saturated heterocycles. The maximum absolute atomic E-state index is 11.6. The number of nitrogens with one attached hydrogen (secondary N) is 1. The van der Waals surface area contributed by atoms with Crippen LogP contribution in [-0.2, 0) is 4.79 Å². The molecule has 21 heavy (non-hydrogen) atoms. The van der Waals surface area contributed by atoms with Crippen molar-refractivity contribution in [1.29, 1.82) is 0 Å². The summed E-state index contributed by atoms with van der Waals surface area (Å²) < 4.78 is 0. The van der Waals surface area contributed by atoms with E-state index in [0.717, 1.165) is 49.6 Å². The Bertz CT molecular complexity index is 503. The van der Waals surface area contributed by atoms with Crippen LogP contribution in [0.1, 0.15) is 51.5 Å². The summed E-state index contributed by atoms with van der Waals surface area (Å²) in [7, 11) is 0. The third kappa shape index (κ3) is 3.25. The lowest BCUT2D eigenvalue weighted by Crippen LogP contribution is -2.41. The van der Waals surface area contributed by atoms with E-state index in [9.17, 15) is 4.79 Å². The summed E-state index contributed by atoms with van der Waals surface area (Å²) in [5.74, 6) is 1.71. The summed E-state index contributed by atoms with van der Waals surface area (Å²) >= 11 is 0. The molecular formula is C15H25N5O. The molecule has 1 aromatic heterocycles. The Hall–Kier alpha value is -1.85. The molecule has 0 aliphatic carbocycles. The fourth-order valence-corrected chi connectivity index (χ4v) is 2.85.